The summed E-state index contributed by atoms with van der Waals surface area (Å²) >= 11 is 0. The van der Waals surface area contributed by atoms with Crippen molar-refractivity contribution in [3.63, 3.8) is 0 Å². The van der Waals surface area contributed by atoms with Crippen LogP contribution < -0.4 is 0 Å². The summed E-state index contributed by atoms with van der Waals surface area (Å²) < 4.78 is 0. The molecule has 0 saturated carbocycles. The topological polar surface area (TPSA) is 37.3 Å². The maximum Gasteiger partial charge on any atom is 0.156 e. The monoisotopic (exact) mass is 204 g/mol. The van der Waals surface area contributed by atoms with E-state index in [1.165, 1.54) is 0 Å². The van der Waals surface area contributed by atoms with Gasteiger partial charge in [0.2, 0.25) is 0 Å². The van der Waals surface area contributed by atoms with E-state index in [-0.39, 0.29) is 18.3 Å². The van der Waals surface area contributed by atoms with E-state index in [1.807, 2.05) is 37.3 Å². The molecule has 0 aliphatic heterocycles. The van der Waals surface area contributed by atoms with Crippen molar-refractivity contribution in [1.82, 2.24) is 0 Å². The summed E-state index contributed by atoms with van der Waals surface area (Å²) in [7, 11) is 0. The second kappa shape index (κ2) is 6.14. The minimum absolute atomic E-state index is 0.0397. The van der Waals surface area contributed by atoms with Gasteiger partial charge in [-0.2, -0.15) is 0 Å². The summed E-state index contributed by atoms with van der Waals surface area (Å²) in [5.41, 5.74) is 1.02. The van der Waals surface area contributed by atoms with Crippen molar-refractivity contribution in [2.24, 2.45) is 5.92 Å². The number of rotatable bonds is 5. The van der Waals surface area contributed by atoms with Crippen molar-refractivity contribution in [2.45, 2.75) is 13.3 Å². The van der Waals surface area contributed by atoms with Gasteiger partial charge in [-0.25, -0.2) is 0 Å². The quantitative estimate of drug-likeness (QED) is 0.747. The van der Waals surface area contributed by atoms with E-state index >= 15 is 0 Å². The molecular formula is C13H16O2. The Morgan fingerprint density at radius 1 is 1.40 bits per heavy atom. The predicted molar refractivity (Wildman–Crippen MR) is 61.3 cm³/mol. The van der Waals surface area contributed by atoms with E-state index in [9.17, 15) is 4.79 Å². The summed E-state index contributed by atoms with van der Waals surface area (Å²) in [5.74, 6) is 0.0957. The fourth-order valence-electron chi connectivity index (χ4n) is 1.23. The van der Waals surface area contributed by atoms with Crippen LogP contribution in [0.1, 0.15) is 18.9 Å². The fourth-order valence-corrected chi connectivity index (χ4v) is 1.23. The van der Waals surface area contributed by atoms with E-state index in [1.54, 1.807) is 12.2 Å². The highest BCUT2D eigenvalue weighted by atomic mass is 16.3. The molecule has 0 heterocycles. The molecule has 0 aliphatic carbocycles. The lowest BCUT2D eigenvalue weighted by molar-refractivity contribution is -0.115. The number of ketones is 1. The van der Waals surface area contributed by atoms with Gasteiger partial charge in [-0.1, -0.05) is 43.3 Å². The number of benzene rings is 1. The van der Waals surface area contributed by atoms with E-state index in [4.69, 9.17) is 5.11 Å². The number of carbonyl (C=O) groups excluding carboxylic acids is 1. The van der Waals surface area contributed by atoms with Gasteiger partial charge in [0.15, 0.2) is 5.78 Å². The van der Waals surface area contributed by atoms with Crippen LogP contribution in [0.25, 0.3) is 6.08 Å². The number of hydrogen-bond donors (Lipinski definition) is 1. The zero-order valence-corrected chi connectivity index (χ0v) is 8.89. The highest BCUT2D eigenvalue weighted by Gasteiger charge is 2.04. The zero-order chi connectivity index (χ0) is 11.1. The molecule has 0 aliphatic rings. The van der Waals surface area contributed by atoms with E-state index in [2.05, 4.69) is 0 Å². The molecular weight excluding hydrogens is 188 g/mol. The van der Waals surface area contributed by atoms with Crippen LogP contribution in [-0.4, -0.2) is 17.5 Å². The first-order valence-corrected chi connectivity index (χ1v) is 5.09. The third-order valence-corrected chi connectivity index (χ3v) is 2.12. The van der Waals surface area contributed by atoms with Crippen LogP contribution in [-0.2, 0) is 4.79 Å². The van der Waals surface area contributed by atoms with E-state index in [0.29, 0.717) is 6.42 Å². The number of aliphatic hydroxyl groups excluding tert-OH is 1. The average molecular weight is 204 g/mol. The molecule has 1 rings (SSSR count). The lowest BCUT2D eigenvalue weighted by Gasteiger charge is -2.02. The molecule has 0 fully saturated rings. The van der Waals surface area contributed by atoms with Crippen molar-refractivity contribution in [1.29, 1.82) is 0 Å². The van der Waals surface area contributed by atoms with Gasteiger partial charge < -0.3 is 5.11 Å². The first kappa shape index (κ1) is 11.7. The molecule has 15 heavy (non-hydrogen) atoms. The van der Waals surface area contributed by atoms with Gasteiger partial charge >= 0.3 is 0 Å². The summed E-state index contributed by atoms with van der Waals surface area (Å²) in [4.78, 5) is 11.4. The molecule has 80 valence electrons. The lowest BCUT2D eigenvalue weighted by Crippen LogP contribution is -2.06. The largest absolute Gasteiger partial charge is 0.396 e. The maximum absolute atomic E-state index is 11.4. The van der Waals surface area contributed by atoms with Crippen LogP contribution in [0.4, 0.5) is 0 Å². The minimum atomic E-state index is 0.0397. The van der Waals surface area contributed by atoms with Crippen molar-refractivity contribution < 1.29 is 9.90 Å². The van der Waals surface area contributed by atoms with Crippen LogP contribution in [0, 0.1) is 5.92 Å². The lowest BCUT2D eigenvalue weighted by atomic mass is 10.1. The second-order valence-corrected chi connectivity index (χ2v) is 3.70. The average Bonchev–Trinajstić information content (AvgIpc) is 2.27. The molecule has 0 spiro atoms. The summed E-state index contributed by atoms with van der Waals surface area (Å²) in [6.45, 7) is 1.92. The molecule has 0 radical (unpaired) electrons. The van der Waals surface area contributed by atoms with Gasteiger partial charge in [0, 0.05) is 13.0 Å². The van der Waals surface area contributed by atoms with E-state index in [0.717, 1.165) is 5.56 Å². The number of hydrogen-bond acceptors (Lipinski definition) is 2. The standard InChI is InChI=1S/C13H16O2/c1-11(10-14)9-13(15)8-7-12-5-3-2-4-6-12/h2-8,11,14H,9-10H2,1H3/b8-7+. The van der Waals surface area contributed by atoms with Gasteiger partial charge in [0.25, 0.3) is 0 Å². The third-order valence-electron chi connectivity index (χ3n) is 2.12. The summed E-state index contributed by atoms with van der Waals surface area (Å²) in [6.07, 6.45) is 3.77. The summed E-state index contributed by atoms with van der Waals surface area (Å²) in [5, 5.41) is 8.79. The highest BCUT2D eigenvalue weighted by molar-refractivity contribution is 5.93. The third kappa shape index (κ3) is 4.56. The second-order valence-electron chi connectivity index (χ2n) is 3.70. The van der Waals surface area contributed by atoms with Crippen LogP contribution in [0.2, 0.25) is 0 Å². The molecule has 1 aromatic rings. The first-order valence-electron chi connectivity index (χ1n) is 5.09. The molecule has 1 atom stereocenters. The molecule has 1 aromatic carbocycles. The first-order chi connectivity index (χ1) is 7.22. The fraction of sp³-hybridized carbons (Fsp3) is 0.308. The Labute approximate surface area is 90.3 Å². The van der Waals surface area contributed by atoms with E-state index < -0.39 is 0 Å². The Hall–Kier alpha value is -1.41. The molecule has 1 unspecified atom stereocenters. The molecule has 0 amide bonds. The van der Waals surface area contributed by atoms with Crippen molar-refractivity contribution in [2.75, 3.05) is 6.61 Å². The van der Waals surface area contributed by atoms with Crippen LogP contribution >= 0.6 is 0 Å². The predicted octanol–water partition coefficient (Wildman–Crippen LogP) is 2.29. The van der Waals surface area contributed by atoms with Crippen LogP contribution in [0.5, 0.6) is 0 Å². The van der Waals surface area contributed by atoms with Crippen molar-refractivity contribution in [3.05, 3.63) is 42.0 Å². The number of allylic oxidation sites excluding steroid dienone is 1. The Morgan fingerprint density at radius 2 is 2.07 bits per heavy atom. The SMILES string of the molecule is CC(CO)CC(=O)/C=C/c1ccccc1. The Morgan fingerprint density at radius 3 is 2.67 bits per heavy atom. The minimum Gasteiger partial charge on any atom is -0.396 e. The molecule has 2 heteroatoms. The van der Waals surface area contributed by atoms with Gasteiger partial charge in [-0.15, -0.1) is 0 Å². The number of aliphatic hydroxyl groups is 1. The van der Waals surface area contributed by atoms with Gasteiger partial charge in [0.05, 0.1) is 0 Å². The molecule has 2 nitrogen and oxygen atoms in total. The Balaban J connectivity index is 2.48. The van der Waals surface area contributed by atoms with Crippen LogP contribution in [0.15, 0.2) is 36.4 Å². The van der Waals surface area contributed by atoms with Crippen LogP contribution in [0.3, 0.4) is 0 Å². The zero-order valence-electron chi connectivity index (χ0n) is 8.89. The highest BCUT2D eigenvalue weighted by Crippen LogP contribution is 2.05. The Kier molecular flexibility index (Phi) is 4.78. The smallest absolute Gasteiger partial charge is 0.156 e. The Bertz CT molecular complexity index is 328. The molecule has 1 N–H and O–H groups in total. The van der Waals surface area contributed by atoms with Crippen molar-refractivity contribution in [3.8, 4) is 0 Å². The maximum atomic E-state index is 11.4. The number of carbonyl (C=O) groups is 1. The molecule has 0 saturated heterocycles. The van der Waals surface area contributed by atoms with Gasteiger partial charge in [-0.05, 0) is 17.6 Å². The molecule has 0 aromatic heterocycles. The summed E-state index contributed by atoms with van der Waals surface area (Å²) in [6, 6.07) is 9.69. The molecule has 0 bridgehead atoms. The van der Waals surface area contributed by atoms with Gasteiger partial charge in [-0.3, -0.25) is 4.79 Å². The normalized spacial score (nSPS) is 12.9. The van der Waals surface area contributed by atoms with Crippen molar-refractivity contribution >= 4 is 11.9 Å². The van der Waals surface area contributed by atoms with Gasteiger partial charge in [0.1, 0.15) is 0 Å².